The van der Waals surface area contributed by atoms with Gasteiger partial charge in [-0.1, -0.05) is 6.07 Å². The summed E-state index contributed by atoms with van der Waals surface area (Å²) >= 11 is 5.40. The van der Waals surface area contributed by atoms with Gasteiger partial charge < -0.3 is 0 Å². The number of carbonyl (C=O) groups excluding carboxylic acids is 2. The van der Waals surface area contributed by atoms with Crippen molar-refractivity contribution in [3.63, 3.8) is 0 Å². The molecule has 18 heavy (non-hydrogen) atoms. The molecule has 1 aromatic rings. The second-order valence-corrected chi connectivity index (χ2v) is 6.23. The molecule has 5 nitrogen and oxygen atoms in total. The van der Waals surface area contributed by atoms with Crippen LogP contribution >= 0.6 is 11.6 Å². The Balaban J connectivity index is 2.62. The number of anilines is 1. The van der Waals surface area contributed by atoms with Crippen LogP contribution < -0.4 is 4.31 Å². The maximum Gasteiger partial charge on any atom is 0.252 e. The number of carbonyl (C=O) groups is 2. The number of hydrogen-bond donors (Lipinski definition) is 0. The first-order chi connectivity index (χ1) is 8.34. The summed E-state index contributed by atoms with van der Waals surface area (Å²) in [6.07, 6.45) is -0.0409. The fourth-order valence-corrected chi connectivity index (χ4v) is 3.62. The van der Waals surface area contributed by atoms with Crippen LogP contribution in [-0.2, 0) is 14.8 Å². The first kappa shape index (κ1) is 13.0. The van der Waals surface area contributed by atoms with Gasteiger partial charge in [-0.25, -0.2) is 12.7 Å². The molecule has 0 atom stereocenters. The lowest BCUT2D eigenvalue weighted by Gasteiger charge is -2.18. The number of hydrogen-bond acceptors (Lipinski definition) is 4. The summed E-state index contributed by atoms with van der Waals surface area (Å²) in [5.41, 5.74) is 0.782. The Labute approximate surface area is 109 Å². The van der Waals surface area contributed by atoms with Gasteiger partial charge in [0.2, 0.25) is 15.9 Å². The van der Waals surface area contributed by atoms with Crippen LogP contribution in [0, 0.1) is 6.92 Å². The molecule has 1 amide bonds. The number of nitrogens with zero attached hydrogens (tertiary/aromatic N) is 1. The van der Waals surface area contributed by atoms with Gasteiger partial charge in [0.05, 0.1) is 11.4 Å². The smallest absolute Gasteiger partial charge is 0.252 e. The third-order valence-electron chi connectivity index (χ3n) is 2.81. The second-order valence-electron chi connectivity index (χ2n) is 3.95. The zero-order valence-electron chi connectivity index (χ0n) is 9.51. The highest BCUT2D eigenvalue weighted by molar-refractivity contribution is 7.94. The fourth-order valence-electron chi connectivity index (χ4n) is 1.90. The number of benzene rings is 1. The molecular formula is C11H10ClNO4S. The Morgan fingerprint density at radius 1 is 1.39 bits per heavy atom. The number of halogens is 1. The monoisotopic (exact) mass is 287 g/mol. The highest BCUT2D eigenvalue weighted by atomic mass is 35.5. The number of rotatable bonds is 2. The minimum absolute atomic E-state index is 0.0409. The lowest BCUT2D eigenvalue weighted by atomic mass is 10.1. The largest absolute Gasteiger partial charge is 0.276 e. The molecule has 1 aromatic carbocycles. The molecule has 1 aliphatic heterocycles. The highest BCUT2D eigenvalue weighted by Crippen LogP contribution is 2.30. The van der Waals surface area contributed by atoms with Crippen molar-refractivity contribution in [3.05, 3.63) is 29.3 Å². The number of amides is 1. The molecule has 0 unspecified atom stereocenters. The van der Waals surface area contributed by atoms with Gasteiger partial charge in [0.15, 0.2) is 0 Å². The van der Waals surface area contributed by atoms with Crippen LogP contribution in [0.25, 0.3) is 0 Å². The van der Waals surface area contributed by atoms with E-state index >= 15 is 0 Å². The molecule has 0 aromatic heterocycles. The van der Waals surface area contributed by atoms with Gasteiger partial charge in [0, 0.05) is 12.0 Å². The third kappa shape index (κ3) is 2.02. The molecule has 0 aliphatic carbocycles. The van der Waals surface area contributed by atoms with Gasteiger partial charge in [-0.3, -0.25) is 9.59 Å². The predicted molar refractivity (Wildman–Crippen MR) is 67.3 cm³/mol. The minimum atomic E-state index is -3.62. The van der Waals surface area contributed by atoms with Crippen LogP contribution in [-0.4, -0.2) is 25.3 Å². The Kier molecular flexibility index (Phi) is 3.16. The molecular weight excluding hydrogens is 278 g/mol. The van der Waals surface area contributed by atoms with Crippen molar-refractivity contribution < 1.29 is 18.0 Å². The van der Waals surface area contributed by atoms with E-state index in [0.29, 0.717) is 5.56 Å². The van der Waals surface area contributed by atoms with E-state index in [4.69, 9.17) is 11.6 Å². The van der Waals surface area contributed by atoms with Crippen LogP contribution in [0.1, 0.15) is 22.3 Å². The van der Waals surface area contributed by atoms with Crippen LogP contribution in [0.15, 0.2) is 18.2 Å². The van der Waals surface area contributed by atoms with Gasteiger partial charge in [0.1, 0.15) is 0 Å². The molecule has 96 valence electrons. The first-order valence-electron chi connectivity index (χ1n) is 5.20. The molecule has 0 N–H and O–H groups in total. The van der Waals surface area contributed by atoms with Crippen LogP contribution in [0.2, 0.25) is 0 Å². The van der Waals surface area contributed by atoms with Gasteiger partial charge in [-0.2, -0.15) is 0 Å². The summed E-state index contributed by atoms with van der Waals surface area (Å²) in [4.78, 5) is 22.8. The van der Waals surface area contributed by atoms with Gasteiger partial charge in [-0.15, -0.1) is 0 Å². The summed E-state index contributed by atoms with van der Waals surface area (Å²) in [6.45, 7) is 1.56. The molecule has 1 fully saturated rings. The average molecular weight is 288 g/mol. The topological polar surface area (TPSA) is 71.5 Å². The fraction of sp³-hybridized carbons (Fsp3) is 0.273. The van der Waals surface area contributed by atoms with Gasteiger partial charge >= 0.3 is 0 Å². The summed E-state index contributed by atoms with van der Waals surface area (Å²) in [5.74, 6) is -0.693. The van der Waals surface area contributed by atoms with Crippen molar-refractivity contribution >= 4 is 38.5 Å². The molecule has 0 spiro atoms. The quantitative estimate of drug-likeness (QED) is 0.772. The maximum atomic E-state index is 11.8. The third-order valence-corrected chi connectivity index (χ3v) is 4.69. The van der Waals surface area contributed by atoms with Crippen molar-refractivity contribution in [1.82, 2.24) is 0 Å². The van der Waals surface area contributed by atoms with Crippen molar-refractivity contribution in [2.45, 2.75) is 13.3 Å². The SMILES string of the molecule is Cc1c(C(=O)Cl)cccc1N1C(=O)CCS1(=O)=O. The number of sulfonamides is 1. The van der Waals surface area contributed by atoms with E-state index in [2.05, 4.69) is 0 Å². The molecule has 0 bridgehead atoms. The standard InChI is InChI=1S/C11H10ClNO4S/c1-7-8(11(12)15)3-2-4-9(7)13-10(14)5-6-18(13,16)17/h2-4H,5-6H2,1H3. The molecule has 0 saturated carbocycles. The molecule has 1 aliphatic rings. The molecule has 2 rings (SSSR count). The second kappa shape index (κ2) is 4.37. The highest BCUT2D eigenvalue weighted by Gasteiger charge is 2.37. The normalized spacial score (nSPS) is 18.1. The Hall–Kier alpha value is -1.40. The van der Waals surface area contributed by atoms with E-state index < -0.39 is 21.2 Å². The summed E-state index contributed by atoms with van der Waals surface area (Å²) in [7, 11) is -3.62. The van der Waals surface area contributed by atoms with E-state index in [-0.39, 0.29) is 23.4 Å². The van der Waals surface area contributed by atoms with Crippen molar-refractivity contribution in [1.29, 1.82) is 0 Å². The van der Waals surface area contributed by atoms with Crippen LogP contribution in [0.3, 0.4) is 0 Å². The summed E-state index contributed by atoms with van der Waals surface area (Å²) in [6, 6.07) is 4.47. The van der Waals surface area contributed by atoms with E-state index in [1.54, 1.807) is 6.92 Å². The zero-order valence-corrected chi connectivity index (χ0v) is 11.1. The van der Waals surface area contributed by atoms with E-state index in [1.165, 1.54) is 18.2 Å². The van der Waals surface area contributed by atoms with Crippen molar-refractivity contribution in [2.75, 3.05) is 10.1 Å². The molecule has 0 radical (unpaired) electrons. The van der Waals surface area contributed by atoms with Gasteiger partial charge in [0.25, 0.3) is 5.24 Å². The van der Waals surface area contributed by atoms with E-state index in [1.807, 2.05) is 0 Å². The maximum absolute atomic E-state index is 11.8. The summed E-state index contributed by atoms with van der Waals surface area (Å²) < 4.78 is 24.3. The predicted octanol–water partition coefficient (Wildman–Crippen LogP) is 1.44. The van der Waals surface area contributed by atoms with E-state index in [9.17, 15) is 18.0 Å². The van der Waals surface area contributed by atoms with Crippen molar-refractivity contribution in [3.8, 4) is 0 Å². The molecule has 1 heterocycles. The Morgan fingerprint density at radius 2 is 2.06 bits per heavy atom. The average Bonchev–Trinajstić information content (AvgIpc) is 2.54. The molecule has 1 saturated heterocycles. The van der Waals surface area contributed by atoms with Gasteiger partial charge in [-0.05, 0) is 36.2 Å². The lowest BCUT2D eigenvalue weighted by molar-refractivity contribution is -0.116. The van der Waals surface area contributed by atoms with E-state index in [0.717, 1.165) is 4.31 Å². The van der Waals surface area contributed by atoms with Crippen LogP contribution in [0.4, 0.5) is 5.69 Å². The van der Waals surface area contributed by atoms with Crippen molar-refractivity contribution in [2.24, 2.45) is 0 Å². The first-order valence-corrected chi connectivity index (χ1v) is 7.18. The minimum Gasteiger partial charge on any atom is -0.276 e. The Bertz CT molecular complexity index is 638. The molecule has 7 heteroatoms. The lowest BCUT2D eigenvalue weighted by Crippen LogP contribution is -2.30. The zero-order chi connectivity index (χ0) is 13.5. The Morgan fingerprint density at radius 3 is 2.56 bits per heavy atom. The van der Waals surface area contributed by atoms with Crippen LogP contribution in [0.5, 0.6) is 0 Å². The summed E-state index contributed by atoms with van der Waals surface area (Å²) in [5, 5.41) is -0.682.